The molecule has 0 radical (unpaired) electrons. The maximum absolute atomic E-state index is 14.4. The standard InChI is InChI=1S/C15H16FN3O3/c1-9(20)14-8-19(15(21)22-14)11-3-4-13(12(16)7-11)18-6-5-17-10(18)2/h3-7,9,14,20H,8H2,1-2H3/t9?,14-/m1/s1. The van der Waals surface area contributed by atoms with Gasteiger partial charge in [-0.3, -0.25) is 4.90 Å². The van der Waals surface area contributed by atoms with E-state index in [4.69, 9.17) is 4.74 Å². The number of amides is 1. The Labute approximate surface area is 126 Å². The third-order valence-corrected chi connectivity index (χ3v) is 3.70. The van der Waals surface area contributed by atoms with Gasteiger partial charge in [0.2, 0.25) is 0 Å². The Balaban J connectivity index is 1.90. The second-order valence-electron chi connectivity index (χ2n) is 5.25. The molecule has 1 fully saturated rings. The van der Waals surface area contributed by atoms with Crippen molar-refractivity contribution in [3.63, 3.8) is 0 Å². The molecule has 22 heavy (non-hydrogen) atoms. The van der Waals surface area contributed by atoms with Crippen LogP contribution >= 0.6 is 0 Å². The SMILES string of the molecule is Cc1nccn1-c1ccc(N2C[C@H](C(C)O)OC2=O)cc1F. The Morgan fingerprint density at radius 1 is 1.50 bits per heavy atom. The van der Waals surface area contributed by atoms with E-state index < -0.39 is 24.1 Å². The van der Waals surface area contributed by atoms with E-state index in [1.54, 1.807) is 42.9 Å². The molecule has 2 aromatic rings. The minimum atomic E-state index is -0.772. The minimum Gasteiger partial charge on any atom is -0.441 e. The fraction of sp³-hybridized carbons (Fsp3) is 0.333. The normalized spacial score (nSPS) is 19.4. The number of aromatic nitrogens is 2. The lowest BCUT2D eigenvalue weighted by atomic mass is 10.2. The van der Waals surface area contributed by atoms with Crippen molar-refractivity contribution >= 4 is 11.8 Å². The number of ether oxygens (including phenoxy) is 1. The molecule has 1 N–H and O–H groups in total. The number of halogens is 1. The van der Waals surface area contributed by atoms with Crippen LogP contribution in [-0.2, 0) is 4.74 Å². The fourth-order valence-electron chi connectivity index (χ4n) is 2.44. The molecule has 1 amide bonds. The van der Waals surface area contributed by atoms with E-state index in [-0.39, 0.29) is 6.54 Å². The molecule has 1 saturated heterocycles. The fourth-order valence-corrected chi connectivity index (χ4v) is 2.44. The van der Waals surface area contributed by atoms with Gasteiger partial charge in [-0.15, -0.1) is 0 Å². The van der Waals surface area contributed by atoms with Crippen LogP contribution in [0.4, 0.5) is 14.9 Å². The summed E-state index contributed by atoms with van der Waals surface area (Å²) in [4.78, 5) is 17.2. The number of imidazole rings is 1. The lowest BCUT2D eigenvalue weighted by Gasteiger charge is -2.15. The molecule has 6 nitrogen and oxygen atoms in total. The molecule has 0 aliphatic carbocycles. The molecule has 2 atom stereocenters. The topological polar surface area (TPSA) is 67.6 Å². The number of aliphatic hydroxyl groups is 1. The number of anilines is 1. The zero-order chi connectivity index (χ0) is 15.9. The number of hydrogen-bond acceptors (Lipinski definition) is 4. The number of hydrogen-bond donors (Lipinski definition) is 1. The van der Waals surface area contributed by atoms with Crippen LogP contribution in [0.1, 0.15) is 12.7 Å². The number of aryl methyl sites for hydroxylation is 1. The van der Waals surface area contributed by atoms with Crippen LogP contribution in [0.15, 0.2) is 30.6 Å². The van der Waals surface area contributed by atoms with Crippen molar-refractivity contribution in [1.29, 1.82) is 0 Å². The quantitative estimate of drug-likeness (QED) is 0.942. The predicted molar refractivity (Wildman–Crippen MR) is 77.6 cm³/mol. The van der Waals surface area contributed by atoms with Gasteiger partial charge in [0.1, 0.15) is 17.7 Å². The molecule has 7 heteroatoms. The molecule has 2 heterocycles. The molecule has 1 aromatic carbocycles. The highest BCUT2D eigenvalue weighted by Crippen LogP contribution is 2.26. The number of carbonyl (C=O) groups is 1. The molecule has 1 aromatic heterocycles. The summed E-state index contributed by atoms with van der Waals surface area (Å²) >= 11 is 0. The van der Waals surface area contributed by atoms with Gasteiger partial charge in [0.25, 0.3) is 0 Å². The number of benzene rings is 1. The molecule has 0 bridgehead atoms. The molecule has 1 unspecified atom stereocenters. The van der Waals surface area contributed by atoms with Gasteiger partial charge in [0.05, 0.1) is 24.0 Å². The summed E-state index contributed by atoms with van der Waals surface area (Å²) in [5, 5.41) is 9.50. The van der Waals surface area contributed by atoms with E-state index in [9.17, 15) is 14.3 Å². The smallest absolute Gasteiger partial charge is 0.414 e. The maximum atomic E-state index is 14.4. The number of nitrogens with zero attached hydrogens (tertiary/aromatic N) is 3. The first-order valence-corrected chi connectivity index (χ1v) is 6.93. The lowest BCUT2D eigenvalue weighted by Crippen LogP contribution is -2.29. The van der Waals surface area contributed by atoms with E-state index in [1.165, 1.54) is 11.0 Å². The molecular formula is C15H16FN3O3. The highest BCUT2D eigenvalue weighted by Gasteiger charge is 2.35. The third-order valence-electron chi connectivity index (χ3n) is 3.70. The summed E-state index contributed by atoms with van der Waals surface area (Å²) in [5.41, 5.74) is 0.755. The van der Waals surface area contributed by atoms with Gasteiger partial charge in [-0.2, -0.15) is 0 Å². The Bertz CT molecular complexity index is 714. The molecule has 1 aliphatic rings. The molecule has 1 aliphatic heterocycles. The maximum Gasteiger partial charge on any atom is 0.414 e. The molecule has 0 spiro atoms. The first-order chi connectivity index (χ1) is 10.5. The summed E-state index contributed by atoms with van der Waals surface area (Å²) in [7, 11) is 0. The summed E-state index contributed by atoms with van der Waals surface area (Å²) in [5.74, 6) is 0.202. The van der Waals surface area contributed by atoms with E-state index in [0.29, 0.717) is 17.2 Å². The average molecular weight is 305 g/mol. The monoisotopic (exact) mass is 305 g/mol. The van der Waals surface area contributed by atoms with Gasteiger partial charge in [-0.1, -0.05) is 0 Å². The molecule has 116 valence electrons. The van der Waals surface area contributed by atoms with Gasteiger partial charge >= 0.3 is 6.09 Å². The molecular weight excluding hydrogens is 289 g/mol. The van der Waals surface area contributed by atoms with Crippen LogP contribution in [0.5, 0.6) is 0 Å². The number of cyclic esters (lactones) is 1. The first-order valence-electron chi connectivity index (χ1n) is 6.93. The van der Waals surface area contributed by atoms with Crippen molar-refractivity contribution in [2.75, 3.05) is 11.4 Å². The first kappa shape index (κ1) is 14.5. The summed E-state index contributed by atoms with van der Waals surface area (Å²) < 4.78 is 21.0. The van der Waals surface area contributed by atoms with Crippen LogP contribution < -0.4 is 4.90 Å². The van der Waals surface area contributed by atoms with Crippen molar-refractivity contribution in [3.05, 3.63) is 42.2 Å². The van der Waals surface area contributed by atoms with E-state index >= 15 is 0 Å². The zero-order valence-corrected chi connectivity index (χ0v) is 12.2. The van der Waals surface area contributed by atoms with Crippen molar-refractivity contribution in [1.82, 2.24) is 9.55 Å². The van der Waals surface area contributed by atoms with Crippen molar-refractivity contribution in [2.24, 2.45) is 0 Å². The summed E-state index contributed by atoms with van der Waals surface area (Å²) in [6, 6.07) is 4.51. The highest BCUT2D eigenvalue weighted by atomic mass is 19.1. The second kappa shape index (κ2) is 5.42. The summed E-state index contributed by atoms with van der Waals surface area (Å²) in [6.45, 7) is 3.52. The van der Waals surface area contributed by atoms with Crippen molar-refractivity contribution < 1.29 is 19.0 Å². The van der Waals surface area contributed by atoms with E-state index in [1.807, 2.05) is 0 Å². The highest BCUT2D eigenvalue weighted by molar-refractivity contribution is 5.89. The second-order valence-corrected chi connectivity index (χ2v) is 5.25. The average Bonchev–Trinajstić information content (AvgIpc) is 3.05. The van der Waals surface area contributed by atoms with Crippen LogP contribution in [0.25, 0.3) is 5.69 Å². The van der Waals surface area contributed by atoms with E-state index in [2.05, 4.69) is 4.98 Å². The lowest BCUT2D eigenvalue weighted by molar-refractivity contribution is 0.0437. The van der Waals surface area contributed by atoms with Gasteiger partial charge < -0.3 is 14.4 Å². The van der Waals surface area contributed by atoms with Gasteiger partial charge in [0, 0.05) is 12.4 Å². The van der Waals surface area contributed by atoms with Crippen molar-refractivity contribution in [3.8, 4) is 5.69 Å². The van der Waals surface area contributed by atoms with Gasteiger partial charge in [-0.25, -0.2) is 14.2 Å². The number of carbonyl (C=O) groups excluding carboxylic acids is 1. The Kier molecular flexibility index (Phi) is 3.58. The number of aliphatic hydroxyl groups excluding tert-OH is 1. The predicted octanol–water partition coefficient (Wildman–Crippen LogP) is 2.03. The van der Waals surface area contributed by atoms with Crippen molar-refractivity contribution in [2.45, 2.75) is 26.1 Å². The van der Waals surface area contributed by atoms with Crippen LogP contribution in [0, 0.1) is 12.7 Å². The van der Waals surface area contributed by atoms with Crippen LogP contribution in [-0.4, -0.2) is 39.5 Å². The zero-order valence-electron chi connectivity index (χ0n) is 12.2. The van der Waals surface area contributed by atoms with Gasteiger partial charge in [-0.05, 0) is 32.0 Å². The van der Waals surface area contributed by atoms with E-state index in [0.717, 1.165) is 0 Å². The number of rotatable bonds is 3. The Morgan fingerprint density at radius 2 is 2.27 bits per heavy atom. The molecule has 0 saturated carbocycles. The van der Waals surface area contributed by atoms with Crippen LogP contribution in [0.3, 0.4) is 0 Å². The molecule has 3 rings (SSSR count). The third kappa shape index (κ3) is 2.43. The minimum absolute atomic E-state index is 0.194. The summed E-state index contributed by atoms with van der Waals surface area (Å²) in [6.07, 6.45) is 1.30. The Hall–Kier alpha value is -2.41. The van der Waals surface area contributed by atoms with Gasteiger partial charge in [0.15, 0.2) is 0 Å². The van der Waals surface area contributed by atoms with Crippen LogP contribution in [0.2, 0.25) is 0 Å². The Morgan fingerprint density at radius 3 is 2.82 bits per heavy atom. The largest absolute Gasteiger partial charge is 0.441 e.